The molecule has 2 aromatic carbocycles. The molecular weight excluding hydrogens is 574 g/mol. The van der Waals surface area contributed by atoms with Crippen molar-refractivity contribution >= 4 is 5.69 Å². The summed E-state index contributed by atoms with van der Waals surface area (Å²) in [5.74, 6) is 2.96. The van der Waals surface area contributed by atoms with Gasteiger partial charge in [0.2, 0.25) is 0 Å². The van der Waals surface area contributed by atoms with Crippen LogP contribution in [0.15, 0.2) is 187 Å². The second-order valence-corrected chi connectivity index (χ2v) is 12.5. The van der Waals surface area contributed by atoms with Gasteiger partial charge in [-0.2, -0.15) is 0 Å². The highest BCUT2D eigenvalue weighted by molar-refractivity contribution is 5.67. The highest BCUT2D eigenvalue weighted by Gasteiger charge is 2.34. The monoisotopic (exact) mass is 615 g/mol. The third-order valence-electron chi connectivity index (χ3n) is 9.40. The number of fused-ring (bicyclic) bond motifs is 4. The smallest absolute Gasteiger partial charge is 0.130 e. The molecule has 0 N–H and O–H groups in total. The number of hydrogen-bond donors (Lipinski definition) is 0. The van der Waals surface area contributed by atoms with Gasteiger partial charge >= 0.3 is 0 Å². The highest BCUT2D eigenvalue weighted by Crippen LogP contribution is 2.46. The molecule has 0 bridgehead atoms. The third kappa shape index (κ3) is 6.53. The lowest BCUT2D eigenvalue weighted by Gasteiger charge is -2.32. The first-order chi connectivity index (χ1) is 23.1. The zero-order valence-corrected chi connectivity index (χ0v) is 27.0. The van der Waals surface area contributed by atoms with E-state index in [9.17, 15) is 0 Å². The number of ether oxygens (including phenoxy) is 2. The highest BCUT2D eigenvalue weighted by atomic mass is 16.5. The van der Waals surface area contributed by atoms with Gasteiger partial charge < -0.3 is 14.4 Å². The molecule has 2 unspecified atom stereocenters. The van der Waals surface area contributed by atoms with Gasteiger partial charge in [0.05, 0.1) is 0 Å². The summed E-state index contributed by atoms with van der Waals surface area (Å²) in [6, 6.07) is 14.9. The fourth-order valence-corrected chi connectivity index (χ4v) is 6.83. The van der Waals surface area contributed by atoms with Crippen molar-refractivity contribution in [1.29, 1.82) is 0 Å². The van der Waals surface area contributed by atoms with Gasteiger partial charge in [-0.25, -0.2) is 0 Å². The van der Waals surface area contributed by atoms with Gasteiger partial charge in [0.25, 0.3) is 0 Å². The average molecular weight is 616 g/mol. The first-order valence-electron chi connectivity index (χ1n) is 16.6. The third-order valence-corrected chi connectivity index (χ3v) is 9.40. The molecule has 5 aliphatic rings. The number of para-hydroxylation sites is 1. The number of rotatable bonds is 7. The molecule has 2 aliphatic heterocycles. The quantitative estimate of drug-likeness (QED) is 0.289. The van der Waals surface area contributed by atoms with Crippen molar-refractivity contribution < 1.29 is 9.47 Å². The average Bonchev–Trinajstić information content (AvgIpc) is 3.50. The number of nitrogens with zero attached hydrogens (tertiary/aromatic N) is 1. The van der Waals surface area contributed by atoms with Gasteiger partial charge in [-0.15, -0.1) is 0 Å². The number of hydrogen-bond acceptors (Lipinski definition) is 3. The van der Waals surface area contributed by atoms with E-state index in [2.05, 4.69) is 134 Å². The van der Waals surface area contributed by atoms with Gasteiger partial charge in [-0.05, 0) is 97.9 Å². The van der Waals surface area contributed by atoms with E-state index in [1.54, 1.807) is 0 Å². The first-order valence-corrected chi connectivity index (χ1v) is 16.6. The normalized spacial score (nSPS) is 24.9. The minimum atomic E-state index is -0.0198. The summed E-state index contributed by atoms with van der Waals surface area (Å²) in [5, 5.41) is 0. The molecule has 2 heterocycles. The van der Waals surface area contributed by atoms with Crippen molar-refractivity contribution in [2.24, 2.45) is 5.92 Å². The molecular formula is C44H41NO2. The van der Waals surface area contributed by atoms with Gasteiger partial charge in [-0.1, -0.05) is 110 Å². The molecule has 3 atom stereocenters. The first kappa shape index (κ1) is 30.4. The lowest BCUT2D eigenvalue weighted by molar-refractivity contribution is 0.268. The number of benzene rings is 2. The molecule has 3 nitrogen and oxygen atoms in total. The zero-order chi connectivity index (χ0) is 32.2. The maximum absolute atomic E-state index is 6.49. The summed E-state index contributed by atoms with van der Waals surface area (Å²) < 4.78 is 12.5. The number of anilines is 1. The van der Waals surface area contributed by atoms with Crippen LogP contribution < -0.4 is 14.4 Å². The van der Waals surface area contributed by atoms with Crippen molar-refractivity contribution in [3.8, 4) is 11.5 Å². The van der Waals surface area contributed by atoms with Crippen molar-refractivity contribution in [2.75, 3.05) is 4.90 Å². The van der Waals surface area contributed by atoms with E-state index >= 15 is 0 Å². The van der Waals surface area contributed by atoms with Crippen LogP contribution in [0.4, 0.5) is 5.69 Å². The summed E-state index contributed by atoms with van der Waals surface area (Å²) in [4.78, 5) is 2.44. The summed E-state index contributed by atoms with van der Waals surface area (Å²) in [6.07, 6.45) is 38.7. The molecule has 0 spiro atoms. The molecule has 0 saturated heterocycles. The Morgan fingerprint density at radius 2 is 1.87 bits per heavy atom. The van der Waals surface area contributed by atoms with Crippen LogP contribution in [0.1, 0.15) is 43.2 Å². The molecule has 2 aromatic rings. The van der Waals surface area contributed by atoms with Gasteiger partial charge in [0.1, 0.15) is 23.4 Å². The largest absolute Gasteiger partial charge is 0.485 e. The van der Waals surface area contributed by atoms with Gasteiger partial charge in [-0.3, -0.25) is 0 Å². The minimum absolute atomic E-state index is 0.0198. The molecule has 3 heteroatoms. The van der Waals surface area contributed by atoms with Crippen molar-refractivity contribution in [1.82, 2.24) is 0 Å². The van der Waals surface area contributed by atoms with Gasteiger partial charge in [0.15, 0.2) is 0 Å². The van der Waals surface area contributed by atoms with E-state index in [0.717, 1.165) is 48.3 Å². The summed E-state index contributed by atoms with van der Waals surface area (Å²) >= 11 is 0. The minimum Gasteiger partial charge on any atom is -0.485 e. The molecule has 47 heavy (non-hydrogen) atoms. The standard InChI is InChI=1S/C44H41NO2/c1-4-5-7-12-31(2)33-21-24-38(25-22-33)45(37-14-8-6-9-15-37)39-26-28-44-41(30-39)40-29-36(23-27-43(40)47-44)34-18-17-32(3)46-42-16-11-10-13-35(42)20-19-34/h4-8,10-14,16-19,21,23-30,33,40,43H,1,3,9,15,20,22H2,2H3/b7-5-,18-17-,31-12+,34-19+/t33?,40?,43-/m0/s1. The van der Waals surface area contributed by atoms with Crippen LogP contribution in [-0.4, -0.2) is 6.10 Å². The fraction of sp³-hybridized carbons (Fsp3) is 0.182. The Kier molecular flexibility index (Phi) is 8.79. The lowest BCUT2D eigenvalue weighted by Crippen LogP contribution is -2.23. The molecule has 0 saturated carbocycles. The zero-order valence-electron chi connectivity index (χ0n) is 27.0. The molecule has 3 aliphatic carbocycles. The molecule has 0 aromatic heterocycles. The van der Waals surface area contributed by atoms with E-state index in [0.29, 0.717) is 11.7 Å². The predicted molar refractivity (Wildman–Crippen MR) is 195 cm³/mol. The number of allylic oxidation sites excluding steroid dienone is 18. The van der Waals surface area contributed by atoms with Crippen LogP contribution in [0.25, 0.3) is 0 Å². The fourth-order valence-electron chi connectivity index (χ4n) is 6.83. The Bertz CT molecular complexity index is 1900. The van der Waals surface area contributed by atoms with E-state index in [1.807, 2.05) is 30.4 Å². The van der Waals surface area contributed by atoms with Crippen LogP contribution in [0, 0.1) is 5.92 Å². The van der Waals surface area contributed by atoms with E-state index in [4.69, 9.17) is 9.47 Å². The molecule has 7 rings (SSSR count). The van der Waals surface area contributed by atoms with E-state index in [-0.39, 0.29) is 12.0 Å². The van der Waals surface area contributed by atoms with Crippen LogP contribution >= 0.6 is 0 Å². The Morgan fingerprint density at radius 3 is 2.70 bits per heavy atom. The van der Waals surface area contributed by atoms with E-state index in [1.165, 1.54) is 33.8 Å². The Balaban J connectivity index is 1.20. The SMILES string of the molecule is C=C/C=C\C=C(/C)C1C=CC(N(C2=CC=CCC2)c2ccc3c(c2)C2C=C(C4=C/Cc5ccccc5OC(=C)/C=C\4)C=C[C@@H]2O3)=CC1. The summed E-state index contributed by atoms with van der Waals surface area (Å²) in [5.41, 5.74) is 9.75. The molecule has 0 amide bonds. The molecule has 0 fully saturated rings. The molecule has 0 radical (unpaired) electrons. The van der Waals surface area contributed by atoms with Crippen LogP contribution in [-0.2, 0) is 6.42 Å². The second-order valence-electron chi connectivity index (χ2n) is 12.5. The van der Waals surface area contributed by atoms with Crippen molar-refractivity contribution in [3.63, 3.8) is 0 Å². The van der Waals surface area contributed by atoms with Crippen LogP contribution in [0.3, 0.4) is 0 Å². The molecule has 234 valence electrons. The Hall–Kier alpha value is -5.28. The second kappa shape index (κ2) is 13.6. The summed E-state index contributed by atoms with van der Waals surface area (Å²) in [7, 11) is 0. The van der Waals surface area contributed by atoms with Crippen LogP contribution in [0.5, 0.6) is 11.5 Å². The van der Waals surface area contributed by atoms with Crippen molar-refractivity contribution in [3.05, 3.63) is 198 Å². The van der Waals surface area contributed by atoms with Crippen LogP contribution in [0.2, 0.25) is 0 Å². The maximum Gasteiger partial charge on any atom is 0.130 e. The Labute approximate surface area is 279 Å². The van der Waals surface area contributed by atoms with Gasteiger partial charge in [0, 0.05) is 34.5 Å². The predicted octanol–water partition coefficient (Wildman–Crippen LogP) is 10.8. The topological polar surface area (TPSA) is 21.7 Å². The summed E-state index contributed by atoms with van der Waals surface area (Å²) in [6.45, 7) is 10.1. The Morgan fingerprint density at radius 1 is 0.957 bits per heavy atom. The maximum atomic E-state index is 6.49. The van der Waals surface area contributed by atoms with E-state index < -0.39 is 0 Å². The lowest BCUT2D eigenvalue weighted by atomic mass is 9.86. The van der Waals surface area contributed by atoms with Crippen molar-refractivity contribution in [2.45, 2.75) is 44.6 Å².